The van der Waals surface area contributed by atoms with Gasteiger partial charge in [0, 0.05) is 11.3 Å². The number of rotatable bonds is 8. The Kier molecular flexibility index (Phi) is 6.88. The standard InChI is InChI=1S/C15H22O2S/c1-12(2)13-7-9-14(10-8-13)18-11-5-3-4-6-15(16)17/h7-10,12H,3-6,11H2,1-2H3,(H,16,17). The molecule has 18 heavy (non-hydrogen) atoms. The minimum Gasteiger partial charge on any atom is -0.481 e. The van der Waals surface area contributed by atoms with Gasteiger partial charge in [0.1, 0.15) is 0 Å². The van der Waals surface area contributed by atoms with Gasteiger partial charge < -0.3 is 5.11 Å². The predicted molar refractivity (Wildman–Crippen MR) is 77.4 cm³/mol. The third-order valence-electron chi connectivity index (χ3n) is 2.85. The summed E-state index contributed by atoms with van der Waals surface area (Å²) in [6.45, 7) is 4.40. The first kappa shape index (κ1) is 15.1. The van der Waals surface area contributed by atoms with Gasteiger partial charge in [0.25, 0.3) is 0 Å². The predicted octanol–water partition coefficient (Wildman–Crippen LogP) is 4.55. The van der Waals surface area contributed by atoms with Crippen molar-refractivity contribution in [2.75, 3.05) is 5.75 Å². The number of carbonyl (C=O) groups is 1. The molecule has 0 amide bonds. The van der Waals surface area contributed by atoms with E-state index in [-0.39, 0.29) is 0 Å². The van der Waals surface area contributed by atoms with Crippen LogP contribution in [0.5, 0.6) is 0 Å². The smallest absolute Gasteiger partial charge is 0.303 e. The maximum absolute atomic E-state index is 10.3. The SMILES string of the molecule is CC(C)c1ccc(SCCCCCC(=O)O)cc1. The molecule has 0 aliphatic rings. The lowest BCUT2D eigenvalue weighted by Gasteiger charge is -2.06. The lowest BCUT2D eigenvalue weighted by Crippen LogP contribution is -1.93. The Hall–Kier alpha value is -0.960. The van der Waals surface area contributed by atoms with E-state index in [1.165, 1.54) is 10.5 Å². The second-order valence-corrected chi connectivity index (χ2v) is 5.94. The minimum atomic E-state index is -0.688. The van der Waals surface area contributed by atoms with Crippen molar-refractivity contribution in [1.82, 2.24) is 0 Å². The first-order chi connectivity index (χ1) is 8.59. The molecule has 0 aromatic heterocycles. The van der Waals surface area contributed by atoms with Gasteiger partial charge in [-0.1, -0.05) is 32.4 Å². The number of carboxylic acid groups (broad SMARTS) is 1. The van der Waals surface area contributed by atoms with Crippen LogP contribution in [0.25, 0.3) is 0 Å². The first-order valence-corrected chi connectivity index (χ1v) is 7.52. The molecule has 1 aromatic carbocycles. The summed E-state index contributed by atoms with van der Waals surface area (Å²) < 4.78 is 0. The summed E-state index contributed by atoms with van der Waals surface area (Å²) in [6, 6.07) is 8.74. The Morgan fingerprint density at radius 2 is 1.83 bits per heavy atom. The summed E-state index contributed by atoms with van der Waals surface area (Å²) in [5, 5.41) is 8.51. The highest BCUT2D eigenvalue weighted by atomic mass is 32.2. The Morgan fingerprint density at radius 1 is 1.17 bits per heavy atom. The van der Waals surface area contributed by atoms with Gasteiger partial charge in [0.15, 0.2) is 0 Å². The normalized spacial score (nSPS) is 10.8. The minimum absolute atomic E-state index is 0.299. The Balaban J connectivity index is 2.17. The van der Waals surface area contributed by atoms with Crippen molar-refractivity contribution in [3.05, 3.63) is 29.8 Å². The fourth-order valence-corrected chi connectivity index (χ4v) is 2.61. The average molecular weight is 266 g/mol. The largest absolute Gasteiger partial charge is 0.481 e. The third-order valence-corrected chi connectivity index (χ3v) is 3.95. The molecule has 0 aliphatic carbocycles. The van der Waals surface area contributed by atoms with Gasteiger partial charge in [-0.2, -0.15) is 0 Å². The van der Waals surface area contributed by atoms with Crippen LogP contribution in [0, 0.1) is 0 Å². The maximum Gasteiger partial charge on any atom is 0.303 e. The molecule has 1 N–H and O–H groups in total. The molecule has 0 unspecified atom stereocenters. The maximum atomic E-state index is 10.3. The van der Waals surface area contributed by atoms with E-state index >= 15 is 0 Å². The van der Waals surface area contributed by atoms with Crippen LogP contribution in [0.4, 0.5) is 0 Å². The van der Waals surface area contributed by atoms with E-state index < -0.39 is 5.97 Å². The molecule has 0 atom stereocenters. The number of unbranched alkanes of at least 4 members (excludes halogenated alkanes) is 2. The van der Waals surface area contributed by atoms with Crippen LogP contribution in [0.2, 0.25) is 0 Å². The highest BCUT2D eigenvalue weighted by molar-refractivity contribution is 7.99. The molecule has 2 nitrogen and oxygen atoms in total. The van der Waals surface area contributed by atoms with Gasteiger partial charge in [-0.25, -0.2) is 0 Å². The van der Waals surface area contributed by atoms with Crippen LogP contribution >= 0.6 is 11.8 Å². The van der Waals surface area contributed by atoms with Crippen LogP contribution in [0.3, 0.4) is 0 Å². The lowest BCUT2D eigenvalue weighted by molar-refractivity contribution is -0.137. The summed E-state index contributed by atoms with van der Waals surface area (Å²) in [6.07, 6.45) is 3.18. The number of aliphatic carboxylic acids is 1. The fraction of sp³-hybridized carbons (Fsp3) is 0.533. The molecule has 0 fully saturated rings. The summed E-state index contributed by atoms with van der Waals surface area (Å²) in [7, 11) is 0. The van der Waals surface area contributed by atoms with E-state index in [0.29, 0.717) is 12.3 Å². The molecule has 0 bridgehead atoms. The summed E-state index contributed by atoms with van der Waals surface area (Å²) in [5.74, 6) is 0.965. The van der Waals surface area contributed by atoms with E-state index in [2.05, 4.69) is 38.1 Å². The van der Waals surface area contributed by atoms with E-state index in [4.69, 9.17) is 5.11 Å². The molecule has 0 saturated carbocycles. The molecule has 1 aromatic rings. The quantitative estimate of drug-likeness (QED) is 0.554. The van der Waals surface area contributed by atoms with Crippen LogP contribution in [-0.4, -0.2) is 16.8 Å². The lowest BCUT2D eigenvalue weighted by atomic mass is 10.0. The Morgan fingerprint density at radius 3 is 2.39 bits per heavy atom. The highest BCUT2D eigenvalue weighted by Crippen LogP contribution is 2.22. The molecular formula is C15H22O2S. The molecule has 0 heterocycles. The van der Waals surface area contributed by atoms with Gasteiger partial charge in [0.2, 0.25) is 0 Å². The number of carboxylic acids is 1. The zero-order valence-corrected chi connectivity index (χ0v) is 12.0. The second-order valence-electron chi connectivity index (χ2n) is 4.78. The molecule has 0 saturated heterocycles. The first-order valence-electron chi connectivity index (χ1n) is 6.54. The van der Waals surface area contributed by atoms with E-state index in [1.54, 1.807) is 0 Å². The van der Waals surface area contributed by atoms with Gasteiger partial charge >= 0.3 is 5.97 Å². The summed E-state index contributed by atoms with van der Waals surface area (Å²) in [5.41, 5.74) is 1.38. The van der Waals surface area contributed by atoms with E-state index in [9.17, 15) is 4.79 Å². The van der Waals surface area contributed by atoms with Crippen LogP contribution in [-0.2, 0) is 4.79 Å². The topological polar surface area (TPSA) is 37.3 Å². The van der Waals surface area contributed by atoms with Gasteiger partial charge in [-0.3, -0.25) is 4.79 Å². The Labute approximate surface area is 114 Å². The van der Waals surface area contributed by atoms with Crippen molar-refractivity contribution in [2.24, 2.45) is 0 Å². The molecule has 0 aliphatic heterocycles. The van der Waals surface area contributed by atoms with Crippen LogP contribution < -0.4 is 0 Å². The number of benzene rings is 1. The van der Waals surface area contributed by atoms with Crippen LogP contribution in [0.15, 0.2) is 29.2 Å². The van der Waals surface area contributed by atoms with Crippen molar-refractivity contribution >= 4 is 17.7 Å². The van der Waals surface area contributed by atoms with E-state index in [1.807, 2.05) is 11.8 Å². The molecule has 0 spiro atoms. The van der Waals surface area contributed by atoms with Gasteiger partial charge in [0.05, 0.1) is 0 Å². The molecule has 1 rings (SSSR count). The van der Waals surface area contributed by atoms with Gasteiger partial charge in [-0.05, 0) is 42.2 Å². The number of hydrogen-bond donors (Lipinski definition) is 1. The van der Waals surface area contributed by atoms with Crippen molar-refractivity contribution in [2.45, 2.75) is 50.3 Å². The average Bonchev–Trinajstić information content (AvgIpc) is 2.34. The zero-order valence-electron chi connectivity index (χ0n) is 11.2. The number of thioether (sulfide) groups is 1. The molecular weight excluding hydrogens is 244 g/mol. The third kappa shape index (κ3) is 6.10. The zero-order chi connectivity index (χ0) is 13.4. The highest BCUT2D eigenvalue weighted by Gasteiger charge is 2.00. The molecule has 3 heteroatoms. The summed E-state index contributed by atoms with van der Waals surface area (Å²) in [4.78, 5) is 11.6. The molecule has 0 radical (unpaired) electrons. The van der Waals surface area contributed by atoms with Gasteiger partial charge in [-0.15, -0.1) is 11.8 Å². The van der Waals surface area contributed by atoms with Crippen molar-refractivity contribution < 1.29 is 9.90 Å². The van der Waals surface area contributed by atoms with Crippen molar-refractivity contribution in [3.63, 3.8) is 0 Å². The number of hydrogen-bond acceptors (Lipinski definition) is 2. The van der Waals surface area contributed by atoms with Crippen molar-refractivity contribution in [1.29, 1.82) is 0 Å². The second kappa shape index (κ2) is 8.20. The van der Waals surface area contributed by atoms with Crippen LogP contribution in [0.1, 0.15) is 51.0 Å². The summed E-state index contributed by atoms with van der Waals surface area (Å²) >= 11 is 1.85. The Bertz CT molecular complexity index is 357. The van der Waals surface area contributed by atoms with Crippen molar-refractivity contribution in [3.8, 4) is 0 Å². The fourth-order valence-electron chi connectivity index (χ4n) is 1.69. The van der Waals surface area contributed by atoms with E-state index in [0.717, 1.165) is 25.0 Å². The monoisotopic (exact) mass is 266 g/mol. The molecule has 100 valence electrons.